The number of ether oxygens (including phenoxy) is 3. The van der Waals surface area contributed by atoms with Crippen molar-refractivity contribution in [2.24, 2.45) is 0 Å². The molecule has 1 aromatic heterocycles. The number of hydrogen-bond donors (Lipinski definition) is 2. The summed E-state index contributed by atoms with van der Waals surface area (Å²) in [6.45, 7) is 4.34. The molecule has 0 bridgehead atoms. The minimum absolute atomic E-state index is 0.143. The van der Waals surface area contributed by atoms with Crippen LogP contribution in [0.25, 0.3) is 0 Å². The monoisotopic (exact) mass is 364 g/mol. The van der Waals surface area contributed by atoms with E-state index in [-0.39, 0.29) is 12.4 Å². The third kappa shape index (κ3) is 5.15. The highest BCUT2D eigenvalue weighted by Gasteiger charge is 2.15. The van der Waals surface area contributed by atoms with Gasteiger partial charge in [-0.2, -0.15) is 0 Å². The van der Waals surface area contributed by atoms with Crippen LogP contribution in [0.3, 0.4) is 0 Å². The number of nitrogens with one attached hydrogen (secondary N) is 1. The van der Waals surface area contributed by atoms with Gasteiger partial charge in [0, 0.05) is 6.07 Å². The second-order valence-electron chi connectivity index (χ2n) is 4.66. The second-order valence-corrected chi connectivity index (χ2v) is 5.44. The molecule has 0 saturated carbocycles. The summed E-state index contributed by atoms with van der Waals surface area (Å²) in [5.41, 5.74) is 7.12. The lowest BCUT2D eigenvalue weighted by Gasteiger charge is -2.14. The van der Waals surface area contributed by atoms with E-state index in [1.807, 2.05) is 13.2 Å². The van der Waals surface area contributed by atoms with Crippen LogP contribution >= 0.6 is 11.8 Å². The molecule has 2 rings (SSSR count). The second kappa shape index (κ2) is 8.97. The highest BCUT2D eigenvalue weighted by Crippen LogP contribution is 2.31. The van der Waals surface area contributed by atoms with Crippen LogP contribution < -0.4 is 20.5 Å². The molecule has 0 amide bonds. The lowest BCUT2D eigenvalue weighted by molar-refractivity contribution is 0.104. The Kier molecular flexibility index (Phi) is 6.70. The lowest BCUT2D eigenvalue weighted by Crippen LogP contribution is -2.12. The summed E-state index contributed by atoms with van der Waals surface area (Å²) in [6.07, 6.45) is 2.42. The van der Waals surface area contributed by atoms with Gasteiger partial charge in [0.1, 0.15) is 5.75 Å². The summed E-state index contributed by atoms with van der Waals surface area (Å²) < 4.78 is 15.3. The number of anilines is 3. The van der Waals surface area contributed by atoms with Gasteiger partial charge in [-0.25, -0.2) is 14.8 Å². The van der Waals surface area contributed by atoms with Crippen LogP contribution in [-0.4, -0.2) is 35.6 Å². The number of nitrogen functional groups attached to an aromatic ring is 1. The van der Waals surface area contributed by atoms with E-state index < -0.39 is 6.16 Å². The summed E-state index contributed by atoms with van der Waals surface area (Å²) in [5.74, 6) is 1.12. The number of aromatic nitrogens is 2. The third-order valence-electron chi connectivity index (χ3n) is 2.96. The Balaban J connectivity index is 2.28. The third-order valence-corrected chi connectivity index (χ3v) is 3.52. The molecule has 0 aliphatic heterocycles. The maximum Gasteiger partial charge on any atom is 0.514 e. The fraction of sp³-hybridized carbons (Fsp3) is 0.312. The summed E-state index contributed by atoms with van der Waals surface area (Å²) >= 11 is 1.36. The molecule has 9 heteroatoms. The SMILES string of the molecule is CCOC(=O)Oc1cnc(SC)nc1Nc1ccc(OCC)cc1N. The predicted molar refractivity (Wildman–Crippen MR) is 96.8 cm³/mol. The molecule has 134 valence electrons. The summed E-state index contributed by atoms with van der Waals surface area (Å²) in [7, 11) is 0. The Labute approximate surface area is 150 Å². The van der Waals surface area contributed by atoms with Crippen molar-refractivity contribution in [1.29, 1.82) is 0 Å². The molecule has 1 aromatic carbocycles. The summed E-state index contributed by atoms with van der Waals surface area (Å²) in [4.78, 5) is 20.0. The molecular weight excluding hydrogens is 344 g/mol. The average molecular weight is 364 g/mol. The molecule has 0 spiro atoms. The first kappa shape index (κ1) is 18.7. The Morgan fingerprint density at radius 3 is 2.76 bits per heavy atom. The number of hydrogen-bond acceptors (Lipinski definition) is 9. The molecule has 2 aromatic rings. The zero-order valence-corrected chi connectivity index (χ0v) is 15.1. The number of thioether (sulfide) groups is 1. The Bertz CT molecular complexity index is 742. The fourth-order valence-electron chi connectivity index (χ4n) is 1.89. The largest absolute Gasteiger partial charge is 0.514 e. The molecule has 0 atom stereocenters. The molecule has 0 unspecified atom stereocenters. The summed E-state index contributed by atoms with van der Waals surface area (Å²) in [5, 5.41) is 3.57. The molecule has 0 aliphatic rings. The smallest absolute Gasteiger partial charge is 0.494 e. The van der Waals surface area contributed by atoms with Crippen LogP contribution in [0.15, 0.2) is 29.6 Å². The maximum atomic E-state index is 11.6. The number of benzene rings is 1. The van der Waals surface area contributed by atoms with Gasteiger partial charge in [-0.1, -0.05) is 11.8 Å². The van der Waals surface area contributed by atoms with Crippen molar-refractivity contribution in [2.45, 2.75) is 19.0 Å². The Morgan fingerprint density at radius 1 is 1.32 bits per heavy atom. The molecule has 3 N–H and O–H groups in total. The molecule has 0 aliphatic carbocycles. The van der Waals surface area contributed by atoms with Crippen LogP contribution in [0.2, 0.25) is 0 Å². The molecular formula is C16H20N4O4S. The molecule has 0 fully saturated rings. The van der Waals surface area contributed by atoms with Crippen molar-refractivity contribution < 1.29 is 19.0 Å². The van der Waals surface area contributed by atoms with Gasteiger partial charge in [0.25, 0.3) is 0 Å². The van der Waals surface area contributed by atoms with Crippen molar-refractivity contribution >= 4 is 35.1 Å². The van der Waals surface area contributed by atoms with Crippen molar-refractivity contribution in [3.63, 3.8) is 0 Å². The molecule has 25 heavy (non-hydrogen) atoms. The van der Waals surface area contributed by atoms with Gasteiger partial charge < -0.3 is 25.3 Å². The predicted octanol–water partition coefficient (Wildman–Crippen LogP) is 3.46. The van der Waals surface area contributed by atoms with Gasteiger partial charge in [-0.05, 0) is 32.2 Å². The van der Waals surface area contributed by atoms with E-state index in [1.165, 1.54) is 18.0 Å². The van der Waals surface area contributed by atoms with Gasteiger partial charge in [-0.3, -0.25) is 0 Å². The Morgan fingerprint density at radius 2 is 2.12 bits per heavy atom. The molecule has 1 heterocycles. The van der Waals surface area contributed by atoms with Crippen molar-refractivity contribution in [3.8, 4) is 11.5 Å². The van der Waals surface area contributed by atoms with E-state index in [0.717, 1.165) is 0 Å². The van der Waals surface area contributed by atoms with E-state index in [4.69, 9.17) is 19.9 Å². The van der Waals surface area contributed by atoms with Crippen LogP contribution in [0, 0.1) is 0 Å². The van der Waals surface area contributed by atoms with E-state index in [1.54, 1.807) is 25.1 Å². The average Bonchev–Trinajstić information content (AvgIpc) is 2.59. The number of carbonyl (C=O) groups excluding carboxylic acids is 1. The minimum atomic E-state index is -0.828. The number of nitrogens with two attached hydrogens (primary N) is 1. The minimum Gasteiger partial charge on any atom is -0.494 e. The number of carbonyl (C=O) groups is 1. The van der Waals surface area contributed by atoms with Crippen molar-refractivity contribution in [2.75, 3.05) is 30.5 Å². The zero-order valence-electron chi connectivity index (χ0n) is 14.2. The van der Waals surface area contributed by atoms with Gasteiger partial charge in [0.2, 0.25) is 0 Å². The lowest BCUT2D eigenvalue weighted by atomic mass is 10.2. The van der Waals surface area contributed by atoms with Crippen molar-refractivity contribution in [1.82, 2.24) is 9.97 Å². The van der Waals surface area contributed by atoms with E-state index in [0.29, 0.717) is 34.7 Å². The first-order valence-corrected chi connectivity index (χ1v) is 8.84. The molecule has 8 nitrogen and oxygen atoms in total. The van der Waals surface area contributed by atoms with Crippen LogP contribution in [0.1, 0.15) is 13.8 Å². The number of nitrogens with zero attached hydrogens (tertiary/aromatic N) is 2. The van der Waals surface area contributed by atoms with E-state index >= 15 is 0 Å². The van der Waals surface area contributed by atoms with Gasteiger partial charge in [0.05, 0.1) is 30.8 Å². The zero-order chi connectivity index (χ0) is 18.2. The highest BCUT2D eigenvalue weighted by atomic mass is 32.2. The van der Waals surface area contributed by atoms with Gasteiger partial charge in [0.15, 0.2) is 16.7 Å². The van der Waals surface area contributed by atoms with Crippen molar-refractivity contribution in [3.05, 3.63) is 24.4 Å². The van der Waals surface area contributed by atoms with Gasteiger partial charge >= 0.3 is 6.16 Å². The Hall–Kier alpha value is -2.68. The first-order chi connectivity index (χ1) is 12.1. The summed E-state index contributed by atoms with van der Waals surface area (Å²) in [6, 6.07) is 5.24. The quantitative estimate of drug-likeness (QED) is 0.330. The van der Waals surface area contributed by atoms with Crippen LogP contribution in [-0.2, 0) is 4.74 Å². The first-order valence-electron chi connectivity index (χ1n) is 7.62. The van der Waals surface area contributed by atoms with E-state index in [9.17, 15) is 4.79 Å². The standard InChI is InChI=1S/C16H20N4O4S/c1-4-22-10-6-7-12(11(17)8-10)19-14-13(24-16(21)23-5-2)9-18-15(20-14)25-3/h6-9H,4-5,17H2,1-3H3,(H,18,19,20). The topological polar surface area (TPSA) is 109 Å². The number of rotatable bonds is 7. The molecule has 0 radical (unpaired) electrons. The van der Waals surface area contributed by atoms with E-state index in [2.05, 4.69) is 15.3 Å². The molecule has 0 saturated heterocycles. The van der Waals surface area contributed by atoms with Crippen LogP contribution in [0.5, 0.6) is 11.5 Å². The highest BCUT2D eigenvalue weighted by molar-refractivity contribution is 7.98. The van der Waals surface area contributed by atoms with Gasteiger partial charge in [-0.15, -0.1) is 0 Å². The van der Waals surface area contributed by atoms with Crippen LogP contribution in [0.4, 0.5) is 22.0 Å². The fourth-order valence-corrected chi connectivity index (χ4v) is 2.23. The maximum absolute atomic E-state index is 11.6. The normalized spacial score (nSPS) is 10.2.